The maximum absolute atomic E-state index is 12.0. The number of nitrogens with zero attached hydrogens (tertiary/aromatic N) is 1. The van der Waals surface area contributed by atoms with Gasteiger partial charge in [-0.25, -0.2) is 0 Å². The fourth-order valence-electron chi connectivity index (χ4n) is 2.21. The standard InChI is InChI=1S/C15H25ClN2OS/c1-11(2)9-12(10-18(3)4)17-15(19)8-6-13-5-7-14(16)20-13/h5,7,11-12H,6,8-10H2,1-4H3,(H,17,19). The summed E-state index contributed by atoms with van der Waals surface area (Å²) in [7, 11) is 4.07. The summed E-state index contributed by atoms with van der Waals surface area (Å²) in [6.07, 6.45) is 2.30. The first-order valence-electron chi connectivity index (χ1n) is 7.05. The van der Waals surface area contributed by atoms with Crippen molar-refractivity contribution in [1.82, 2.24) is 10.2 Å². The number of aryl methyl sites for hydroxylation is 1. The average molecular weight is 317 g/mol. The number of likely N-dealkylation sites (N-methyl/N-ethyl adjacent to an activating group) is 1. The molecule has 0 aromatic carbocycles. The van der Waals surface area contributed by atoms with Crippen LogP contribution in [0.25, 0.3) is 0 Å². The molecule has 1 aromatic rings. The Morgan fingerprint density at radius 1 is 1.40 bits per heavy atom. The van der Waals surface area contributed by atoms with Crippen molar-refractivity contribution in [1.29, 1.82) is 0 Å². The van der Waals surface area contributed by atoms with Crippen LogP contribution in [0.15, 0.2) is 12.1 Å². The molecule has 0 saturated carbocycles. The van der Waals surface area contributed by atoms with Gasteiger partial charge in [-0.15, -0.1) is 11.3 Å². The molecule has 3 nitrogen and oxygen atoms in total. The summed E-state index contributed by atoms with van der Waals surface area (Å²) in [5.41, 5.74) is 0. The van der Waals surface area contributed by atoms with E-state index < -0.39 is 0 Å². The monoisotopic (exact) mass is 316 g/mol. The Morgan fingerprint density at radius 2 is 2.10 bits per heavy atom. The molecule has 0 bridgehead atoms. The molecule has 1 aromatic heterocycles. The summed E-state index contributed by atoms with van der Waals surface area (Å²) >= 11 is 7.43. The number of nitrogens with one attached hydrogen (secondary N) is 1. The molecule has 0 aliphatic rings. The third-order valence-corrected chi connectivity index (χ3v) is 4.22. The normalized spacial score (nSPS) is 12.9. The van der Waals surface area contributed by atoms with Crippen molar-refractivity contribution in [3.8, 4) is 0 Å². The number of carbonyl (C=O) groups excluding carboxylic acids is 1. The van der Waals surface area contributed by atoms with Gasteiger partial charge < -0.3 is 10.2 Å². The molecule has 1 N–H and O–H groups in total. The van der Waals surface area contributed by atoms with Crippen LogP contribution in [0, 0.1) is 5.92 Å². The number of amides is 1. The fraction of sp³-hybridized carbons (Fsp3) is 0.667. The largest absolute Gasteiger partial charge is 0.352 e. The Balaban J connectivity index is 2.40. The van der Waals surface area contributed by atoms with Crippen LogP contribution in [0.2, 0.25) is 4.34 Å². The summed E-state index contributed by atoms with van der Waals surface area (Å²) in [5, 5.41) is 3.15. The zero-order valence-corrected chi connectivity index (χ0v) is 14.4. The van der Waals surface area contributed by atoms with Crippen LogP contribution >= 0.6 is 22.9 Å². The van der Waals surface area contributed by atoms with E-state index in [0.29, 0.717) is 12.3 Å². The lowest BCUT2D eigenvalue weighted by molar-refractivity contribution is -0.121. The second-order valence-corrected chi connectivity index (χ2v) is 7.66. The van der Waals surface area contributed by atoms with Gasteiger partial charge in [-0.1, -0.05) is 25.4 Å². The zero-order valence-electron chi connectivity index (χ0n) is 12.8. The Kier molecular flexibility index (Phi) is 7.56. The Labute approximate surface area is 131 Å². The molecule has 5 heteroatoms. The van der Waals surface area contributed by atoms with Gasteiger partial charge in [-0.05, 0) is 45.0 Å². The highest BCUT2D eigenvalue weighted by Gasteiger charge is 2.15. The topological polar surface area (TPSA) is 32.3 Å². The molecule has 114 valence electrons. The molecule has 0 radical (unpaired) electrons. The fourth-order valence-corrected chi connectivity index (χ4v) is 3.30. The van der Waals surface area contributed by atoms with Crippen LogP contribution in [0.4, 0.5) is 0 Å². The smallest absolute Gasteiger partial charge is 0.220 e. The van der Waals surface area contributed by atoms with E-state index in [1.165, 1.54) is 0 Å². The maximum Gasteiger partial charge on any atom is 0.220 e. The second kappa shape index (κ2) is 8.65. The van der Waals surface area contributed by atoms with Gasteiger partial charge in [-0.2, -0.15) is 0 Å². The maximum atomic E-state index is 12.0. The molecule has 1 amide bonds. The molecule has 0 fully saturated rings. The van der Waals surface area contributed by atoms with Gasteiger partial charge in [0.25, 0.3) is 0 Å². The molecule has 0 spiro atoms. The lowest BCUT2D eigenvalue weighted by Crippen LogP contribution is -2.42. The summed E-state index contributed by atoms with van der Waals surface area (Å²) in [6.45, 7) is 5.25. The van der Waals surface area contributed by atoms with Crippen molar-refractivity contribution in [3.63, 3.8) is 0 Å². The first-order chi connectivity index (χ1) is 9.36. The van der Waals surface area contributed by atoms with E-state index in [9.17, 15) is 4.79 Å². The van der Waals surface area contributed by atoms with E-state index in [4.69, 9.17) is 11.6 Å². The predicted molar refractivity (Wildman–Crippen MR) is 87.6 cm³/mol. The number of halogens is 1. The summed E-state index contributed by atoms with van der Waals surface area (Å²) in [4.78, 5) is 15.3. The number of hydrogen-bond donors (Lipinski definition) is 1. The van der Waals surface area contributed by atoms with E-state index in [1.807, 2.05) is 26.2 Å². The molecule has 20 heavy (non-hydrogen) atoms. The number of rotatable bonds is 8. The lowest BCUT2D eigenvalue weighted by atomic mass is 10.0. The minimum absolute atomic E-state index is 0.127. The summed E-state index contributed by atoms with van der Waals surface area (Å²) in [6, 6.07) is 4.10. The molecule has 1 unspecified atom stereocenters. The molecular formula is C15H25ClN2OS. The molecule has 0 saturated heterocycles. The molecule has 1 rings (SSSR count). The van der Waals surface area contributed by atoms with Gasteiger partial charge in [-0.3, -0.25) is 4.79 Å². The van der Waals surface area contributed by atoms with Crippen LogP contribution < -0.4 is 5.32 Å². The molecule has 0 aliphatic carbocycles. The molecule has 1 atom stereocenters. The van der Waals surface area contributed by atoms with Crippen LogP contribution in [0.3, 0.4) is 0 Å². The Morgan fingerprint density at radius 3 is 2.60 bits per heavy atom. The van der Waals surface area contributed by atoms with E-state index in [0.717, 1.165) is 28.6 Å². The third kappa shape index (κ3) is 7.27. The molecular weight excluding hydrogens is 292 g/mol. The van der Waals surface area contributed by atoms with Crippen molar-refractivity contribution in [3.05, 3.63) is 21.3 Å². The predicted octanol–water partition coefficient (Wildman–Crippen LogP) is 3.43. The zero-order chi connectivity index (χ0) is 15.1. The minimum Gasteiger partial charge on any atom is -0.352 e. The van der Waals surface area contributed by atoms with Crippen LogP contribution in [-0.4, -0.2) is 37.5 Å². The van der Waals surface area contributed by atoms with E-state index in [-0.39, 0.29) is 11.9 Å². The van der Waals surface area contributed by atoms with Crippen LogP contribution in [0.5, 0.6) is 0 Å². The highest BCUT2D eigenvalue weighted by atomic mass is 35.5. The van der Waals surface area contributed by atoms with Gasteiger partial charge in [0.1, 0.15) is 0 Å². The van der Waals surface area contributed by atoms with Crippen molar-refractivity contribution in [2.24, 2.45) is 5.92 Å². The van der Waals surface area contributed by atoms with Crippen molar-refractivity contribution in [2.45, 2.75) is 39.2 Å². The second-order valence-electron chi connectivity index (χ2n) is 5.86. The van der Waals surface area contributed by atoms with Crippen molar-refractivity contribution in [2.75, 3.05) is 20.6 Å². The minimum atomic E-state index is 0.127. The third-order valence-electron chi connectivity index (χ3n) is 2.93. The van der Waals surface area contributed by atoms with E-state index in [1.54, 1.807) is 11.3 Å². The van der Waals surface area contributed by atoms with Crippen molar-refractivity contribution >= 4 is 28.8 Å². The van der Waals surface area contributed by atoms with Gasteiger partial charge in [0.2, 0.25) is 5.91 Å². The van der Waals surface area contributed by atoms with E-state index >= 15 is 0 Å². The average Bonchev–Trinajstić information content (AvgIpc) is 2.70. The first kappa shape index (κ1) is 17.5. The highest BCUT2D eigenvalue weighted by molar-refractivity contribution is 7.16. The van der Waals surface area contributed by atoms with Crippen LogP contribution in [0.1, 0.15) is 31.6 Å². The van der Waals surface area contributed by atoms with Gasteiger partial charge in [0, 0.05) is 23.9 Å². The van der Waals surface area contributed by atoms with Gasteiger partial charge in [0.15, 0.2) is 0 Å². The number of thiophene rings is 1. The lowest BCUT2D eigenvalue weighted by Gasteiger charge is -2.24. The van der Waals surface area contributed by atoms with Gasteiger partial charge in [0.05, 0.1) is 4.34 Å². The van der Waals surface area contributed by atoms with Gasteiger partial charge >= 0.3 is 0 Å². The highest BCUT2D eigenvalue weighted by Crippen LogP contribution is 2.22. The first-order valence-corrected chi connectivity index (χ1v) is 8.24. The molecule has 1 heterocycles. The van der Waals surface area contributed by atoms with Crippen molar-refractivity contribution < 1.29 is 4.79 Å². The SMILES string of the molecule is CC(C)CC(CN(C)C)NC(=O)CCc1ccc(Cl)s1. The summed E-state index contributed by atoms with van der Waals surface area (Å²) in [5.74, 6) is 0.707. The number of hydrogen-bond acceptors (Lipinski definition) is 3. The van der Waals surface area contributed by atoms with Crippen LogP contribution in [-0.2, 0) is 11.2 Å². The summed E-state index contributed by atoms with van der Waals surface area (Å²) < 4.78 is 0.783. The number of carbonyl (C=O) groups is 1. The Hall–Kier alpha value is -0.580. The molecule has 0 aliphatic heterocycles. The van der Waals surface area contributed by atoms with E-state index in [2.05, 4.69) is 24.1 Å². The quantitative estimate of drug-likeness (QED) is 0.797. The Bertz CT molecular complexity index is 408.